The molecule has 0 aliphatic rings. The number of hydrogen-bond donors (Lipinski definition) is 0. The molecule has 0 saturated heterocycles. The van der Waals surface area contributed by atoms with Crippen LogP contribution in [0, 0.1) is 0 Å². The second-order valence-electron chi connectivity index (χ2n) is 3.29. The van der Waals surface area contributed by atoms with Crippen LogP contribution < -0.4 is 0 Å². The van der Waals surface area contributed by atoms with Gasteiger partial charge in [0.15, 0.2) is 0 Å². The molecule has 0 aliphatic carbocycles. The lowest BCUT2D eigenvalue weighted by molar-refractivity contribution is -0.125. The summed E-state index contributed by atoms with van der Waals surface area (Å²) in [4.78, 5) is 25.8. The molecular formula is C13H20N2O2. The van der Waals surface area contributed by atoms with E-state index in [1.807, 2.05) is 13.8 Å². The fourth-order valence-corrected chi connectivity index (χ4v) is 1.26. The number of hydrogen-bond acceptors (Lipinski definition) is 2. The van der Waals surface area contributed by atoms with E-state index in [0.29, 0.717) is 19.6 Å². The molecule has 0 aromatic heterocycles. The molecule has 94 valence electrons. The minimum absolute atomic E-state index is 0.116. The van der Waals surface area contributed by atoms with Gasteiger partial charge in [0.1, 0.15) is 0 Å². The molecule has 4 nitrogen and oxygen atoms in total. The van der Waals surface area contributed by atoms with Crippen molar-refractivity contribution in [3.05, 3.63) is 37.6 Å². The summed E-state index contributed by atoms with van der Waals surface area (Å²) in [5.41, 5.74) is 0. The molecule has 0 rings (SSSR count). The third kappa shape index (κ3) is 5.15. The van der Waals surface area contributed by atoms with E-state index in [2.05, 4.69) is 13.2 Å². The Morgan fingerprint density at radius 2 is 1.65 bits per heavy atom. The smallest absolute Gasteiger partial charge is 0.249 e. The number of carbonyl (C=O) groups is 2. The van der Waals surface area contributed by atoms with Crippen LogP contribution in [0.4, 0.5) is 0 Å². The topological polar surface area (TPSA) is 40.6 Å². The van der Waals surface area contributed by atoms with E-state index in [1.165, 1.54) is 17.1 Å². The molecule has 0 spiro atoms. The molecule has 0 N–H and O–H groups in total. The van der Waals surface area contributed by atoms with Gasteiger partial charge in [0, 0.05) is 25.8 Å². The second-order valence-corrected chi connectivity index (χ2v) is 3.29. The van der Waals surface area contributed by atoms with E-state index in [4.69, 9.17) is 0 Å². The maximum atomic E-state index is 11.4. The van der Waals surface area contributed by atoms with Crippen LogP contribution in [-0.2, 0) is 9.59 Å². The van der Waals surface area contributed by atoms with Gasteiger partial charge >= 0.3 is 0 Å². The predicted molar refractivity (Wildman–Crippen MR) is 69.2 cm³/mol. The van der Waals surface area contributed by atoms with Crippen LogP contribution in [0.1, 0.15) is 13.8 Å². The Balaban J connectivity index is 4.41. The van der Waals surface area contributed by atoms with Crippen molar-refractivity contribution >= 4 is 11.8 Å². The summed E-state index contributed by atoms with van der Waals surface area (Å²) >= 11 is 0. The molecule has 0 aromatic rings. The lowest BCUT2D eigenvalue weighted by Crippen LogP contribution is -2.30. The van der Waals surface area contributed by atoms with E-state index in [9.17, 15) is 9.59 Å². The number of carbonyl (C=O) groups excluding carboxylic acids is 2. The van der Waals surface area contributed by atoms with Crippen LogP contribution in [-0.4, -0.2) is 41.2 Å². The lowest BCUT2D eigenvalue weighted by atomic mass is 10.4. The molecule has 0 aromatic carbocycles. The molecule has 0 heterocycles. The van der Waals surface area contributed by atoms with Gasteiger partial charge in [0.2, 0.25) is 11.8 Å². The highest BCUT2D eigenvalue weighted by Gasteiger charge is 2.06. The van der Waals surface area contributed by atoms with E-state index in [0.717, 1.165) is 0 Å². The fraction of sp³-hybridized carbons (Fsp3) is 0.385. The summed E-state index contributed by atoms with van der Waals surface area (Å²) in [6, 6.07) is 0. The van der Waals surface area contributed by atoms with Crippen molar-refractivity contribution in [2.75, 3.05) is 19.6 Å². The Morgan fingerprint density at radius 1 is 1.06 bits per heavy atom. The van der Waals surface area contributed by atoms with Crippen LogP contribution in [0.3, 0.4) is 0 Å². The summed E-state index contributed by atoms with van der Waals surface area (Å²) in [6.45, 7) is 12.3. The quantitative estimate of drug-likeness (QED) is 0.629. The Bertz CT molecular complexity index is 321. The van der Waals surface area contributed by atoms with Crippen LogP contribution >= 0.6 is 0 Å². The Morgan fingerprint density at radius 3 is 2.06 bits per heavy atom. The summed E-state index contributed by atoms with van der Waals surface area (Å²) in [7, 11) is 0. The molecule has 2 amide bonds. The average Bonchev–Trinajstić information content (AvgIpc) is 2.37. The van der Waals surface area contributed by atoms with Crippen LogP contribution in [0.2, 0.25) is 0 Å². The van der Waals surface area contributed by atoms with Crippen molar-refractivity contribution < 1.29 is 9.59 Å². The minimum atomic E-state index is -0.151. The molecule has 0 bridgehead atoms. The maximum Gasteiger partial charge on any atom is 0.249 e. The molecule has 4 heteroatoms. The SMILES string of the molecule is C=CC(=O)N(C=CCN(CC)C(=O)C=C)CC. The van der Waals surface area contributed by atoms with Gasteiger partial charge in [0.25, 0.3) is 0 Å². The van der Waals surface area contributed by atoms with Crippen molar-refractivity contribution in [1.29, 1.82) is 0 Å². The normalized spacial score (nSPS) is 10.0. The van der Waals surface area contributed by atoms with Crippen molar-refractivity contribution in [3.8, 4) is 0 Å². The third-order valence-corrected chi connectivity index (χ3v) is 2.28. The largest absolute Gasteiger partial charge is 0.336 e. The highest BCUT2D eigenvalue weighted by molar-refractivity contribution is 5.88. The van der Waals surface area contributed by atoms with Gasteiger partial charge in [-0.2, -0.15) is 0 Å². The number of likely N-dealkylation sites (N-methyl/N-ethyl adjacent to an activating group) is 2. The first-order chi connectivity index (χ1) is 8.10. The molecule has 0 atom stereocenters. The van der Waals surface area contributed by atoms with Gasteiger partial charge in [-0.3, -0.25) is 9.59 Å². The first-order valence-electron chi connectivity index (χ1n) is 5.61. The number of nitrogens with zero attached hydrogens (tertiary/aromatic N) is 2. The Kier molecular flexibility index (Phi) is 7.43. The van der Waals surface area contributed by atoms with Gasteiger partial charge in [0.05, 0.1) is 0 Å². The first-order valence-corrected chi connectivity index (χ1v) is 5.61. The van der Waals surface area contributed by atoms with Gasteiger partial charge in [-0.15, -0.1) is 0 Å². The summed E-state index contributed by atoms with van der Waals surface area (Å²) < 4.78 is 0. The summed E-state index contributed by atoms with van der Waals surface area (Å²) in [6.07, 6.45) is 5.99. The zero-order valence-corrected chi connectivity index (χ0v) is 10.6. The zero-order chi connectivity index (χ0) is 13.3. The van der Waals surface area contributed by atoms with Gasteiger partial charge in [-0.25, -0.2) is 0 Å². The van der Waals surface area contributed by atoms with E-state index in [1.54, 1.807) is 17.2 Å². The second kappa shape index (κ2) is 8.33. The molecule has 0 aliphatic heterocycles. The van der Waals surface area contributed by atoms with E-state index >= 15 is 0 Å². The predicted octanol–water partition coefficient (Wildman–Crippen LogP) is 1.57. The third-order valence-electron chi connectivity index (χ3n) is 2.28. The monoisotopic (exact) mass is 236 g/mol. The average molecular weight is 236 g/mol. The molecule has 0 unspecified atom stereocenters. The van der Waals surface area contributed by atoms with Crippen LogP contribution in [0.15, 0.2) is 37.6 Å². The standard InChI is InChI=1S/C13H20N2O2/c1-5-12(16)14(7-3)10-9-11-15(8-4)13(17)6-2/h5-6,9-10H,1-2,7-8,11H2,3-4H3. The molecule has 17 heavy (non-hydrogen) atoms. The number of rotatable bonds is 7. The van der Waals surface area contributed by atoms with Crippen LogP contribution in [0.25, 0.3) is 0 Å². The number of amides is 2. The Hall–Kier alpha value is -1.84. The molecule has 0 radical (unpaired) electrons. The highest BCUT2D eigenvalue weighted by Crippen LogP contribution is 1.95. The highest BCUT2D eigenvalue weighted by atomic mass is 16.2. The zero-order valence-electron chi connectivity index (χ0n) is 10.6. The fourth-order valence-electron chi connectivity index (χ4n) is 1.26. The van der Waals surface area contributed by atoms with Crippen molar-refractivity contribution in [2.24, 2.45) is 0 Å². The summed E-state index contributed by atoms with van der Waals surface area (Å²) in [5, 5.41) is 0. The first kappa shape index (κ1) is 15.2. The molecular weight excluding hydrogens is 216 g/mol. The van der Waals surface area contributed by atoms with Gasteiger partial charge in [-0.05, 0) is 32.1 Å². The lowest BCUT2D eigenvalue weighted by Gasteiger charge is -2.18. The van der Waals surface area contributed by atoms with Crippen LogP contribution in [0.5, 0.6) is 0 Å². The van der Waals surface area contributed by atoms with Crippen molar-refractivity contribution in [2.45, 2.75) is 13.8 Å². The molecule has 0 fully saturated rings. The maximum absolute atomic E-state index is 11.4. The van der Waals surface area contributed by atoms with Gasteiger partial charge < -0.3 is 9.80 Å². The van der Waals surface area contributed by atoms with E-state index in [-0.39, 0.29) is 11.8 Å². The van der Waals surface area contributed by atoms with Crippen molar-refractivity contribution in [3.63, 3.8) is 0 Å². The van der Waals surface area contributed by atoms with Crippen molar-refractivity contribution in [1.82, 2.24) is 9.80 Å². The van der Waals surface area contributed by atoms with Gasteiger partial charge in [-0.1, -0.05) is 13.2 Å². The summed E-state index contributed by atoms with van der Waals surface area (Å²) in [5.74, 6) is -0.267. The molecule has 0 saturated carbocycles. The Labute approximate surface area is 103 Å². The minimum Gasteiger partial charge on any atom is -0.336 e. The van der Waals surface area contributed by atoms with E-state index < -0.39 is 0 Å².